The average Bonchev–Trinajstić information content (AvgIpc) is 3.27. The van der Waals surface area contributed by atoms with Gasteiger partial charge in [0.25, 0.3) is 0 Å². The van der Waals surface area contributed by atoms with Gasteiger partial charge in [0.05, 0.1) is 28.4 Å². The molecule has 0 bridgehead atoms. The van der Waals surface area contributed by atoms with Crippen LogP contribution in [0.25, 0.3) is 22.1 Å². The van der Waals surface area contributed by atoms with Crippen molar-refractivity contribution in [2.75, 3.05) is 6.54 Å². The molecule has 2 aromatic heterocycles. The molecule has 1 atom stereocenters. The lowest BCUT2D eigenvalue weighted by Crippen LogP contribution is -2.31. The minimum atomic E-state index is -0.341. The summed E-state index contributed by atoms with van der Waals surface area (Å²) in [6, 6.07) is 11.9. The molecular weight excluding hydrogens is 345 g/mol. The van der Waals surface area contributed by atoms with Crippen molar-refractivity contribution in [1.82, 2.24) is 24.8 Å². The number of nitrogens with one attached hydrogen (secondary N) is 2. The standard InChI is InChI=1S/C20H20FN5O/c1-13(26-12-23-16-5-2-3-6-18(16)26)20(27)22-10-4-7-19-24-15-9-8-14(21)11-17(15)25-19/h2-3,5-6,8-9,11-13H,4,7,10H2,1H3,(H,22,27)(H,24,25)/t13-/m1/s1. The molecule has 1 amide bonds. The number of hydrogen-bond donors (Lipinski definition) is 2. The smallest absolute Gasteiger partial charge is 0.242 e. The largest absolute Gasteiger partial charge is 0.354 e. The van der Waals surface area contributed by atoms with Crippen LogP contribution in [0.1, 0.15) is 25.2 Å². The monoisotopic (exact) mass is 365 g/mol. The van der Waals surface area contributed by atoms with Gasteiger partial charge in [0.1, 0.15) is 17.7 Å². The van der Waals surface area contributed by atoms with E-state index in [4.69, 9.17) is 0 Å². The van der Waals surface area contributed by atoms with E-state index in [1.54, 1.807) is 12.4 Å². The van der Waals surface area contributed by atoms with Gasteiger partial charge in [0.15, 0.2) is 0 Å². The molecular formula is C20H20FN5O. The van der Waals surface area contributed by atoms with Crippen LogP contribution in [0.3, 0.4) is 0 Å². The number of carbonyl (C=O) groups excluding carboxylic acids is 1. The molecule has 2 heterocycles. The van der Waals surface area contributed by atoms with E-state index in [9.17, 15) is 9.18 Å². The molecule has 0 aliphatic carbocycles. The Labute approximate surface area is 155 Å². The predicted octanol–water partition coefficient (Wildman–Crippen LogP) is 3.36. The first-order valence-electron chi connectivity index (χ1n) is 8.95. The Bertz CT molecular complexity index is 1100. The fraction of sp³-hybridized carbons (Fsp3) is 0.250. The first kappa shape index (κ1) is 17.2. The van der Waals surface area contributed by atoms with E-state index in [0.29, 0.717) is 18.5 Å². The Morgan fingerprint density at radius 3 is 3.00 bits per heavy atom. The van der Waals surface area contributed by atoms with Gasteiger partial charge in [-0.25, -0.2) is 14.4 Å². The van der Waals surface area contributed by atoms with Crippen LogP contribution >= 0.6 is 0 Å². The highest BCUT2D eigenvalue weighted by Crippen LogP contribution is 2.17. The van der Waals surface area contributed by atoms with Crippen LogP contribution in [0.4, 0.5) is 4.39 Å². The van der Waals surface area contributed by atoms with E-state index in [0.717, 1.165) is 28.8 Å². The van der Waals surface area contributed by atoms with Crippen molar-refractivity contribution >= 4 is 28.0 Å². The Kier molecular flexibility index (Phi) is 4.58. The van der Waals surface area contributed by atoms with Gasteiger partial charge in [-0.1, -0.05) is 12.1 Å². The molecule has 7 heteroatoms. The van der Waals surface area contributed by atoms with Crippen LogP contribution in [-0.4, -0.2) is 32.0 Å². The van der Waals surface area contributed by atoms with Crippen LogP contribution in [0, 0.1) is 5.82 Å². The van der Waals surface area contributed by atoms with E-state index in [1.165, 1.54) is 12.1 Å². The molecule has 0 aliphatic heterocycles. The lowest BCUT2D eigenvalue weighted by Gasteiger charge is -2.14. The fourth-order valence-electron chi connectivity index (χ4n) is 3.18. The Morgan fingerprint density at radius 1 is 1.26 bits per heavy atom. The highest BCUT2D eigenvalue weighted by molar-refractivity contribution is 5.83. The number of nitrogens with zero attached hydrogens (tertiary/aromatic N) is 3. The van der Waals surface area contributed by atoms with Crippen LogP contribution in [-0.2, 0) is 11.2 Å². The van der Waals surface area contributed by atoms with Gasteiger partial charge < -0.3 is 14.9 Å². The van der Waals surface area contributed by atoms with Crippen molar-refractivity contribution in [3.8, 4) is 0 Å². The summed E-state index contributed by atoms with van der Waals surface area (Å²) in [6.45, 7) is 2.40. The number of imidazole rings is 2. The Morgan fingerprint density at radius 2 is 2.11 bits per heavy atom. The number of hydrogen-bond acceptors (Lipinski definition) is 3. The summed E-state index contributed by atoms with van der Waals surface area (Å²) >= 11 is 0. The SMILES string of the molecule is C[C@H](C(=O)NCCCc1nc2ccc(F)cc2[nH]1)n1cnc2ccccc21. The number of carbonyl (C=O) groups is 1. The molecule has 0 spiro atoms. The summed E-state index contributed by atoms with van der Waals surface area (Å²) in [4.78, 5) is 24.3. The second kappa shape index (κ2) is 7.19. The number of amides is 1. The van der Waals surface area contributed by atoms with Gasteiger partial charge in [-0.2, -0.15) is 0 Å². The number of H-pyrrole nitrogens is 1. The number of aryl methyl sites for hydroxylation is 1. The zero-order valence-corrected chi connectivity index (χ0v) is 14.9. The Hall–Kier alpha value is -3.22. The molecule has 0 fully saturated rings. The van der Waals surface area contributed by atoms with E-state index in [1.807, 2.05) is 35.8 Å². The first-order valence-corrected chi connectivity index (χ1v) is 8.95. The van der Waals surface area contributed by atoms with Crippen molar-refractivity contribution in [1.29, 1.82) is 0 Å². The summed E-state index contributed by atoms with van der Waals surface area (Å²) in [6.07, 6.45) is 3.12. The molecule has 27 heavy (non-hydrogen) atoms. The first-order chi connectivity index (χ1) is 13.1. The highest BCUT2D eigenvalue weighted by atomic mass is 19.1. The van der Waals surface area contributed by atoms with E-state index < -0.39 is 0 Å². The lowest BCUT2D eigenvalue weighted by atomic mass is 10.2. The van der Waals surface area contributed by atoms with Gasteiger partial charge in [-0.05, 0) is 43.7 Å². The second-order valence-corrected chi connectivity index (χ2v) is 6.56. The Balaban J connectivity index is 1.32. The van der Waals surface area contributed by atoms with E-state index in [-0.39, 0.29) is 17.8 Å². The number of aromatic nitrogens is 4. The molecule has 0 radical (unpaired) electrons. The molecule has 0 unspecified atom stereocenters. The number of halogens is 1. The number of benzene rings is 2. The normalized spacial score (nSPS) is 12.5. The molecule has 0 aliphatic rings. The van der Waals surface area contributed by atoms with E-state index in [2.05, 4.69) is 20.3 Å². The number of rotatable bonds is 6. The molecule has 138 valence electrons. The summed E-state index contributed by atoms with van der Waals surface area (Å²) in [5, 5.41) is 2.96. The molecule has 0 saturated carbocycles. The maximum absolute atomic E-state index is 13.2. The van der Waals surface area contributed by atoms with Crippen LogP contribution < -0.4 is 5.32 Å². The van der Waals surface area contributed by atoms with Crippen LogP contribution in [0.15, 0.2) is 48.8 Å². The number of para-hydroxylation sites is 2. The van der Waals surface area contributed by atoms with Gasteiger partial charge in [-0.3, -0.25) is 4.79 Å². The predicted molar refractivity (Wildman–Crippen MR) is 102 cm³/mol. The molecule has 4 rings (SSSR count). The summed E-state index contributed by atoms with van der Waals surface area (Å²) in [5.74, 6) is 0.453. The summed E-state index contributed by atoms with van der Waals surface area (Å²) in [5.41, 5.74) is 3.25. The van der Waals surface area contributed by atoms with Gasteiger partial charge in [0, 0.05) is 13.0 Å². The second-order valence-electron chi connectivity index (χ2n) is 6.56. The topological polar surface area (TPSA) is 75.6 Å². The van der Waals surface area contributed by atoms with Crippen molar-refractivity contribution in [2.24, 2.45) is 0 Å². The quantitative estimate of drug-likeness (QED) is 0.515. The third-order valence-corrected chi connectivity index (χ3v) is 4.66. The minimum Gasteiger partial charge on any atom is -0.354 e. The maximum atomic E-state index is 13.2. The molecule has 2 N–H and O–H groups in total. The van der Waals surface area contributed by atoms with Gasteiger partial charge in [-0.15, -0.1) is 0 Å². The molecule has 6 nitrogen and oxygen atoms in total. The summed E-state index contributed by atoms with van der Waals surface area (Å²) in [7, 11) is 0. The maximum Gasteiger partial charge on any atom is 0.242 e. The fourth-order valence-corrected chi connectivity index (χ4v) is 3.18. The van der Waals surface area contributed by atoms with E-state index >= 15 is 0 Å². The number of aromatic amines is 1. The summed E-state index contributed by atoms with van der Waals surface area (Å²) < 4.78 is 15.1. The van der Waals surface area contributed by atoms with Crippen molar-refractivity contribution in [3.05, 3.63) is 60.4 Å². The van der Waals surface area contributed by atoms with Crippen molar-refractivity contribution in [3.63, 3.8) is 0 Å². The third kappa shape index (κ3) is 3.53. The van der Waals surface area contributed by atoms with Gasteiger partial charge >= 0.3 is 0 Å². The molecule has 4 aromatic rings. The van der Waals surface area contributed by atoms with Gasteiger partial charge in [0.2, 0.25) is 5.91 Å². The molecule has 2 aromatic carbocycles. The van der Waals surface area contributed by atoms with Crippen molar-refractivity contribution < 1.29 is 9.18 Å². The zero-order chi connectivity index (χ0) is 18.8. The van der Waals surface area contributed by atoms with Crippen LogP contribution in [0.5, 0.6) is 0 Å². The average molecular weight is 365 g/mol. The zero-order valence-electron chi connectivity index (χ0n) is 14.9. The highest BCUT2D eigenvalue weighted by Gasteiger charge is 2.16. The minimum absolute atomic E-state index is 0.0511. The van der Waals surface area contributed by atoms with Crippen molar-refractivity contribution in [2.45, 2.75) is 25.8 Å². The molecule has 0 saturated heterocycles. The van der Waals surface area contributed by atoms with Crippen LogP contribution in [0.2, 0.25) is 0 Å². The third-order valence-electron chi connectivity index (χ3n) is 4.66. The lowest BCUT2D eigenvalue weighted by molar-refractivity contribution is -0.123. The number of fused-ring (bicyclic) bond motifs is 2.